The van der Waals surface area contributed by atoms with Gasteiger partial charge in [0.2, 0.25) is 0 Å². The molecule has 0 aromatic rings. The minimum atomic E-state index is -0.321. The summed E-state index contributed by atoms with van der Waals surface area (Å²) in [5.74, 6) is -0.321. The summed E-state index contributed by atoms with van der Waals surface area (Å²) in [5.41, 5.74) is 0.446. The highest BCUT2D eigenvalue weighted by molar-refractivity contribution is 5.86. The standard InChI is InChI=1S/C12H19NO2/c1-11(2)12(14)15-10-6-9-13-7-4-3-5-8-13/h6,9H,1,3-5,7-8,10H2,2H3. The summed E-state index contributed by atoms with van der Waals surface area (Å²) in [7, 11) is 0. The molecule has 1 heterocycles. The van der Waals surface area contributed by atoms with Gasteiger partial charge in [-0.15, -0.1) is 0 Å². The summed E-state index contributed by atoms with van der Waals surface area (Å²) in [4.78, 5) is 13.3. The zero-order valence-corrected chi connectivity index (χ0v) is 9.37. The van der Waals surface area contributed by atoms with Crippen molar-refractivity contribution in [1.29, 1.82) is 0 Å². The zero-order chi connectivity index (χ0) is 11.1. The number of carbonyl (C=O) groups is 1. The minimum Gasteiger partial charge on any atom is -0.458 e. The molecular weight excluding hydrogens is 190 g/mol. The first-order chi connectivity index (χ1) is 7.20. The van der Waals surface area contributed by atoms with E-state index in [0.29, 0.717) is 12.2 Å². The quantitative estimate of drug-likeness (QED) is 0.524. The maximum absolute atomic E-state index is 11.0. The van der Waals surface area contributed by atoms with Gasteiger partial charge in [-0.05, 0) is 38.5 Å². The Hall–Kier alpha value is -1.25. The lowest BCUT2D eigenvalue weighted by molar-refractivity contribution is -0.137. The topological polar surface area (TPSA) is 29.5 Å². The van der Waals surface area contributed by atoms with Crippen LogP contribution in [0.1, 0.15) is 26.2 Å². The van der Waals surface area contributed by atoms with E-state index in [1.807, 2.05) is 12.3 Å². The number of hydrogen-bond acceptors (Lipinski definition) is 3. The van der Waals surface area contributed by atoms with Crippen molar-refractivity contribution >= 4 is 5.97 Å². The summed E-state index contributed by atoms with van der Waals surface area (Å²) in [6, 6.07) is 0. The first-order valence-electron chi connectivity index (χ1n) is 5.43. The second-order valence-corrected chi connectivity index (χ2v) is 3.86. The van der Waals surface area contributed by atoms with Crippen LogP contribution < -0.4 is 0 Å². The van der Waals surface area contributed by atoms with Crippen molar-refractivity contribution in [2.75, 3.05) is 19.7 Å². The maximum atomic E-state index is 11.0. The highest BCUT2D eigenvalue weighted by Crippen LogP contribution is 2.08. The highest BCUT2D eigenvalue weighted by atomic mass is 16.5. The SMILES string of the molecule is C=C(C)C(=O)OCC=CN1CCCCC1. The molecule has 1 aliphatic heterocycles. The third-order valence-electron chi connectivity index (χ3n) is 2.37. The number of carbonyl (C=O) groups excluding carboxylic acids is 1. The van der Waals surface area contributed by atoms with Crippen molar-refractivity contribution in [3.8, 4) is 0 Å². The molecule has 0 atom stereocenters. The molecule has 1 aliphatic rings. The summed E-state index contributed by atoms with van der Waals surface area (Å²) < 4.78 is 4.94. The van der Waals surface area contributed by atoms with Gasteiger partial charge in [0, 0.05) is 18.7 Å². The van der Waals surface area contributed by atoms with Crippen molar-refractivity contribution in [2.45, 2.75) is 26.2 Å². The van der Waals surface area contributed by atoms with E-state index in [4.69, 9.17) is 4.74 Å². The van der Waals surface area contributed by atoms with Gasteiger partial charge in [-0.1, -0.05) is 6.58 Å². The van der Waals surface area contributed by atoms with Crippen LogP contribution in [-0.2, 0) is 9.53 Å². The second kappa shape index (κ2) is 6.27. The van der Waals surface area contributed by atoms with Gasteiger partial charge in [0.05, 0.1) is 0 Å². The summed E-state index contributed by atoms with van der Waals surface area (Å²) in [6.45, 7) is 7.73. The van der Waals surface area contributed by atoms with Crippen molar-refractivity contribution in [3.05, 3.63) is 24.4 Å². The van der Waals surface area contributed by atoms with E-state index < -0.39 is 0 Å². The monoisotopic (exact) mass is 209 g/mol. The molecular formula is C12H19NO2. The molecule has 0 aromatic heterocycles. The summed E-state index contributed by atoms with van der Waals surface area (Å²) in [6.07, 6.45) is 7.75. The van der Waals surface area contributed by atoms with Crippen LogP contribution in [0.3, 0.4) is 0 Å². The Morgan fingerprint density at radius 3 is 2.67 bits per heavy atom. The number of hydrogen-bond donors (Lipinski definition) is 0. The predicted molar refractivity (Wildman–Crippen MR) is 60.3 cm³/mol. The van der Waals surface area contributed by atoms with Gasteiger partial charge in [0.1, 0.15) is 6.61 Å². The first kappa shape index (κ1) is 11.8. The van der Waals surface area contributed by atoms with Crippen LogP contribution in [0.4, 0.5) is 0 Å². The molecule has 84 valence electrons. The Morgan fingerprint density at radius 2 is 2.07 bits per heavy atom. The molecule has 0 aliphatic carbocycles. The molecule has 1 fully saturated rings. The lowest BCUT2D eigenvalue weighted by Gasteiger charge is -2.24. The van der Waals surface area contributed by atoms with Crippen molar-refractivity contribution in [1.82, 2.24) is 4.90 Å². The van der Waals surface area contributed by atoms with Crippen LogP contribution in [0, 0.1) is 0 Å². The molecule has 1 saturated heterocycles. The predicted octanol–water partition coefficient (Wildman–Crippen LogP) is 2.11. The Kier molecular flexibility index (Phi) is 4.95. The number of piperidine rings is 1. The summed E-state index contributed by atoms with van der Waals surface area (Å²) >= 11 is 0. The van der Waals surface area contributed by atoms with Crippen molar-refractivity contribution < 1.29 is 9.53 Å². The van der Waals surface area contributed by atoms with Gasteiger partial charge in [-0.2, -0.15) is 0 Å². The molecule has 0 N–H and O–H groups in total. The number of rotatable bonds is 4. The fourth-order valence-electron chi connectivity index (χ4n) is 1.51. The number of likely N-dealkylation sites (tertiary alicyclic amines) is 1. The average Bonchev–Trinajstić information content (AvgIpc) is 2.25. The highest BCUT2D eigenvalue weighted by Gasteiger charge is 2.05. The molecule has 3 nitrogen and oxygen atoms in total. The molecule has 3 heteroatoms. The minimum absolute atomic E-state index is 0.321. The average molecular weight is 209 g/mol. The van der Waals surface area contributed by atoms with Gasteiger partial charge < -0.3 is 9.64 Å². The second-order valence-electron chi connectivity index (χ2n) is 3.86. The Labute approximate surface area is 91.4 Å². The molecule has 0 bridgehead atoms. The number of esters is 1. The van der Waals surface area contributed by atoms with Crippen LogP contribution in [0.5, 0.6) is 0 Å². The van der Waals surface area contributed by atoms with Crippen molar-refractivity contribution in [3.63, 3.8) is 0 Å². The lowest BCUT2D eigenvalue weighted by Crippen LogP contribution is -2.24. The molecule has 0 unspecified atom stereocenters. The first-order valence-corrected chi connectivity index (χ1v) is 5.43. The fraction of sp³-hybridized carbons (Fsp3) is 0.583. The van der Waals surface area contributed by atoms with Gasteiger partial charge in [0.25, 0.3) is 0 Å². The van der Waals surface area contributed by atoms with Crippen LogP contribution in [-0.4, -0.2) is 30.6 Å². The number of nitrogens with zero attached hydrogens (tertiary/aromatic N) is 1. The Balaban J connectivity index is 2.15. The molecule has 0 aromatic carbocycles. The third kappa shape index (κ3) is 4.68. The Morgan fingerprint density at radius 1 is 1.40 bits per heavy atom. The molecule has 1 rings (SSSR count). The largest absolute Gasteiger partial charge is 0.458 e. The molecule has 0 amide bonds. The van der Waals surface area contributed by atoms with E-state index in [9.17, 15) is 4.79 Å². The van der Waals surface area contributed by atoms with Crippen LogP contribution in [0.2, 0.25) is 0 Å². The molecule has 0 radical (unpaired) electrons. The Bertz CT molecular complexity index is 252. The van der Waals surface area contributed by atoms with E-state index >= 15 is 0 Å². The van der Waals surface area contributed by atoms with E-state index in [1.54, 1.807) is 6.92 Å². The molecule has 0 saturated carbocycles. The fourth-order valence-corrected chi connectivity index (χ4v) is 1.51. The lowest BCUT2D eigenvalue weighted by atomic mass is 10.1. The smallest absolute Gasteiger partial charge is 0.333 e. The van der Waals surface area contributed by atoms with Gasteiger partial charge in [-0.25, -0.2) is 4.79 Å². The maximum Gasteiger partial charge on any atom is 0.333 e. The van der Waals surface area contributed by atoms with Crippen LogP contribution >= 0.6 is 0 Å². The van der Waals surface area contributed by atoms with E-state index in [0.717, 1.165) is 13.1 Å². The zero-order valence-electron chi connectivity index (χ0n) is 9.37. The van der Waals surface area contributed by atoms with E-state index in [1.165, 1.54) is 19.3 Å². The van der Waals surface area contributed by atoms with Crippen molar-refractivity contribution in [2.24, 2.45) is 0 Å². The van der Waals surface area contributed by atoms with E-state index in [-0.39, 0.29) is 5.97 Å². The van der Waals surface area contributed by atoms with E-state index in [2.05, 4.69) is 11.5 Å². The van der Waals surface area contributed by atoms with Crippen LogP contribution in [0.15, 0.2) is 24.4 Å². The normalized spacial score (nSPS) is 16.7. The summed E-state index contributed by atoms with van der Waals surface area (Å²) in [5, 5.41) is 0. The van der Waals surface area contributed by atoms with Crippen LogP contribution in [0.25, 0.3) is 0 Å². The number of ether oxygens (including phenoxy) is 1. The van der Waals surface area contributed by atoms with Gasteiger partial charge >= 0.3 is 5.97 Å². The van der Waals surface area contributed by atoms with Gasteiger partial charge in [-0.3, -0.25) is 0 Å². The molecule has 0 spiro atoms. The molecule has 15 heavy (non-hydrogen) atoms. The third-order valence-corrected chi connectivity index (χ3v) is 2.37. The van der Waals surface area contributed by atoms with Gasteiger partial charge in [0.15, 0.2) is 0 Å².